The summed E-state index contributed by atoms with van der Waals surface area (Å²) >= 11 is 0. The molecule has 2 heterocycles. The number of imide groups is 1. The van der Waals surface area contributed by atoms with Crippen molar-refractivity contribution in [2.75, 3.05) is 4.90 Å². The fourth-order valence-electron chi connectivity index (χ4n) is 2.65. The van der Waals surface area contributed by atoms with Crippen molar-refractivity contribution in [1.29, 1.82) is 0 Å². The van der Waals surface area contributed by atoms with E-state index in [0.29, 0.717) is 11.0 Å². The van der Waals surface area contributed by atoms with E-state index in [1.807, 2.05) is 0 Å². The second kappa shape index (κ2) is 6.08. The Balaban J connectivity index is 1.97. The summed E-state index contributed by atoms with van der Waals surface area (Å²) in [4.78, 5) is 28.1. The molecule has 2 aromatic rings. The Morgan fingerprint density at radius 2 is 2.04 bits per heavy atom. The summed E-state index contributed by atoms with van der Waals surface area (Å²) in [6, 6.07) is 2.44. The molecule has 0 spiro atoms. The highest BCUT2D eigenvalue weighted by Crippen LogP contribution is 2.40. The average molecular weight is 382 g/mol. The molecule has 2 amide bonds. The standard InChI is InChI=1S/C16H10F4N4O3/c1-15(8-23-7-9(17)6-22-23)13(25)24(14(26)27-15)10-3-4-12(21-2)11(5-10)16(18,19)20/h3-7H,8H2,1H3/t15-/m0/s1. The lowest BCUT2D eigenvalue weighted by atomic mass is 10.1. The number of alkyl halides is 3. The topological polar surface area (TPSA) is 68.8 Å². The van der Waals surface area contributed by atoms with E-state index in [1.165, 1.54) is 6.92 Å². The predicted octanol–water partition coefficient (Wildman–Crippen LogP) is 3.53. The van der Waals surface area contributed by atoms with Crippen molar-refractivity contribution >= 4 is 23.4 Å². The summed E-state index contributed by atoms with van der Waals surface area (Å²) in [5.74, 6) is -1.61. The van der Waals surface area contributed by atoms with Crippen LogP contribution in [0, 0.1) is 12.4 Å². The second-order valence-corrected chi connectivity index (χ2v) is 5.91. The molecule has 1 aromatic heterocycles. The molecule has 11 heteroatoms. The molecule has 1 aliphatic heterocycles. The minimum Gasteiger partial charge on any atom is -0.430 e. The third-order valence-electron chi connectivity index (χ3n) is 3.88. The van der Waals surface area contributed by atoms with Gasteiger partial charge in [0.25, 0.3) is 5.91 Å². The molecule has 140 valence electrons. The van der Waals surface area contributed by atoms with E-state index >= 15 is 0 Å². The number of aromatic nitrogens is 2. The molecule has 1 saturated heterocycles. The number of hydrogen-bond donors (Lipinski definition) is 0. The van der Waals surface area contributed by atoms with Gasteiger partial charge in [-0.3, -0.25) is 9.48 Å². The van der Waals surface area contributed by atoms with Gasteiger partial charge in [0.15, 0.2) is 11.5 Å². The minimum atomic E-state index is -4.85. The van der Waals surface area contributed by atoms with Crippen molar-refractivity contribution in [3.8, 4) is 0 Å². The van der Waals surface area contributed by atoms with E-state index in [0.717, 1.165) is 29.2 Å². The highest BCUT2D eigenvalue weighted by molar-refractivity contribution is 6.20. The van der Waals surface area contributed by atoms with E-state index in [1.54, 1.807) is 0 Å². The van der Waals surface area contributed by atoms with Gasteiger partial charge in [0.05, 0.1) is 36.8 Å². The third-order valence-corrected chi connectivity index (χ3v) is 3.88. The highest BCUT2D eigenvalue weighted by Gasteiger charge is 2.52. The van der Waals surface area contributed by atoms with Crippen LogP contribution in [-0.2, 0) is 22.3 Å². The van der Waals surface area contributed by atoms with Crippen LogP contribution in [0.5, 0.6) is 0 Å². The first-order valence-corrected chi connectivity index (χ1v) is 7.39. The van der Waals surface area contributed by atoms with Crippen molar-refractivity contribution in [3.05, 3.63) is 53.4 Å². The van der Waals surface area contributed by atoms with Crippen LogP contribution in [0.25, 0.3) is 4.85 Å². The maximum absolute atomic E-state index is 13.1. The van der Waals surface area contributed by atoms with Crippen molar-refractivity contribution in [2.45, 2.75) is 25.2 Å². The van der Waals surface area contributed by atoms with E-state index in [-0.39, 0.29) is 12.2 Å². The first kappa shape index (κ1) is 18.4. The Morgan fingerprint density at radius 1 is 1.33 bits per heavy atom. The van der Waals surface area contributed by atoms with Gasteiger partial charge in [-0.15, -0.1) is 0 Å². The van der Waals surface area contributed by atoms with Crippen molar-refractivity contribution in [2.24, 2.45) is 0 Å². The molecule has 1 fully saturated rings. The quantitative estimate of drug-likeness (QED) is 0.602. The van der Waals surface area contributed by atoms with Gasteiger partial charge in [-0.1, -0.05) is 6.07 Å². The first-order chi connectivity index (χ1) is 12.5. The van der Waals surface area contributed by atoms with Gasteiger partial charge in [0, 0.05) is 0 Å². The molecule has 1 aliphatic rings. The van der Waals surface area contributed by atoms with E-state index in [9.17, 15) is 27.2 Å². The molecule has 0 radical (unpaired) electrons. The number of carbonyl (C=O) groups is 2. The molecule has 0 unspecified atom stereocenters. The Bertz CT molecular complexity index is 979. The number of carbonyl (C=O) groups excluding carboxylic acids is 2. The smallest absolute Gasteiger partial charge is 0.422 e. The fraction of sp³-hybridized carbons (Fsp3) is 0.250. The average Bonchev–Trinajstić information content (AvgIpc) is 3.07. The maximum Gasteiger partial charge on any atom is 0.422 e. The Labute approximate surface area is 149 Å². The zero-order valence-electron chi connectivity index (χ0n) is 13.6. The first-order valence-electron chi connectivity index (χ1n) is 7.39. The van der Waals surface area contributed by atoms with Crippen LogP contribution in [0.4, 0.5) is 33.7 Å². The van der Waals surface area contributed by atoms with Crippen LogP contribution < -0.4 is 4.90 Å². The van der Waals surface area contributed by atoms with Gasteiger partial charge in [-0.25, -0.2) is 18.9 Å². The maximum atomic E-state index is 13.1. The molecule has 1 aromatic carbocycles. The lowest BCUT2D eigenvalue weighted by Gasteiger charge is -2.20. The molecule has 0 bridgehead atoms. The van der Waals surface area contributed by atoms with Crippen molar-refractivity contribution < 1.29 is 31.9 Å². The normalized spacial score (nSPS) is 19.9. The molecular weight excluding hydrogens is 372 g/mol. The molecule has 27 heavy (non-hydrogen) atoms. The van der Waals surface area contributed by atoms with Crippen LogP contribution in [-0.4, -0.2) is 27.4 Å². The Kier molecular flexibility index (Phi) is 4.14. The molecule has 3 rings (SSSR count). The summed E-state index contributed by atoms with van der Waals surface area (Å²) < 4.78 is 58.5. The number of ether oxygens (including phenoxy) is 1. The minimum absolute atomic E-state index is 0.329. The van der Waals surface area contributed by atoms with Crippen LogP contribution in [0.3, 0.4) is 0 Å². The number of benzene rings is 1. The molecular formula is C16H10F4N4O3. The number of hydrogen-bond acceptors (Lipinski definition) is 4. The van der Waals surface area contributed by atoms with Crippen LogP contribution in [0.1, 0.15) is 12.5 Å². The van der Waals surface area contributed by atoms with Crippen LogP contribution >= 0.6 is 0 Å². The third kappa shape index (κ3) is 3.21. The number of halogens is 4. The van der Waals surface area contributed by atoms with Gasteiger partial charge >= 0.3 is 12.3 Å². The van der Waals surface area contributed by atoms with Crippen molar-refractivity contribution in [3.63, 3.8) is 0 Å². The van der Waals surface area contributed by atoms with Crippen molar-refractivity contribution in [1.82, 2.24) is 9.78 Å². The zero-order chi connectivity index (χ0) is 20.0. The van der Waals surface area contributed by atoms with E-state index in [2.05, 4.69) is 9.94 Å². The van der Waals surface area contributed by atoms with Gasteiger partial charge in [0.1, 0.15) is 0 Å². The summed E-state index contributed by atoms with van der Waals surface area (Å²) in [7, 11) is 0. The lowest BCUT2D eigenvalue weighted by molar-refractivity contribution is -0.137. The van der Waals surface area contributed by atoms with E-state index in [4.69, 9.17) is 11.3 Å². The van der Waals surface area contributed by atoms with Gasteiger partial charge in [0.2, 0.25) is 5.60 Å². The van der Waals surface area contributed by atoms with Gasteiger partial charge < -0.3 is 4.74 Å². The predicted molar refractivity (Wildman–Crippen MR) is 82.3 cm³/mol. The SMILES string of the molecule is [C-]#[N+]c1ccc(N2C(=O)O[C@@](C)(Cn3cc(F)cn3)C2=O)cc1C(F)(F)F. The van der Waals surface area contributed by atoms with E-state index < -0.39 is 40.8 Å². The molecule has 1 atom stereocenters. The fourth-order valence-corrected chi connectivity index (χ4v) is 2.65. The number of amides is 2. The zero-order valence-corrected chi connectivity index (χ0v) is 13.6. The highest BCUT2D eigenvalue weighted by atomic mass is 19.4. The molecule has 0 aliphatic carbocycles. The van der Waals surface area contributed by atoms with Gasteiger partial charge in [-0.05, 0) is 19.1 Å². The largest absolute Gasteiger partial charge is 0.430 e. The summed E-state index contributed by atoms with van der Waals surface area (Å²) in [6.07, 6.45) is -4.17. The number of nitrogens with zero attached hydrogens (tertiary/aromatic N) is 4. The monoisotopic (exact) mass is 382 g/mol. The van der Waals surface area contributed by atoms with Crippen LogP contribution in [0.15, 0.2) is 30.6 Å². The number of cyclic esters (lactones) is 1. The summed E-state index contributed by atoms with van der Waals surface area (Å²) in [5, 5.41) is 3.65. The van der Waals surface area contributed by atoms with Gasteiger partial charge in [-0.2, -0.15) is 18.3 Å². The lowest BCUT2D eigenvalue weighted by Crippen LogP contribution is -2.42. The number of anilines is 1. The second-order valence-electron chi connectivity index (χ2n) is 5.91. The summed E-state index contributed by atoms with van der Waals surface area (Å²) in [5.41, 5.74) is -4.12. The Morgan fingerprint density at radius 3 is 2.59 bits per heavy atom. The Hall–Kier alpha value is -3.42. The van der Waals surface area contributed by atoms with Crippen LogP contribution in [0.2, 0.25) is 0 Å². The molecule has 7 nitrogen and oxygen atoms in total. The number of rotatable bonds is 3. The molecule has 0 saturated carbocycles. The summed E-state index contributed by atoms with van der Waals surface area (Å²) in [6.45, 7) is 7.74. The molecule has 0 N–H and O–H groups in total.